The number of ketones is 3. The first kappa shape index (κ1) is 24.4. The lowest BCUT2D eigenvalue weighted by molar-refractivity contribution is -0.123. The topological polar surface area (TPSA) is 118 Å². The van der Waals surface area contributed by atoms with E-state index in [1.165, 1.54) is 19.9 Å². The number of benzene rings is 2. The minimum absolute atomic E-state index is 0.0197. The highest BCUT2D eigenvalue weighted by Gasteiger charge is 2.56. The normalized spacial score (nSPS) is 19.9. The van der Waals surface area contributed by atoms with Crippen molar-refractivity contribution in [1.29, 1.82) is 0 Å². The van der Waals surface area contributed by atoms with Crippen LogP contribution in [0.2, 0.25) is 0 Å². The molecule has 8 nitrogen and oxygen atoms in total. The van der Waals surface area contributed by atoms with Crippen molar-refractivity contribution >= 4 is 28.3 Å². The fraction of sp³-hybridized carbons (Fsp3) is 0.276. The molecular formula is C29H28N2O6. The van der Waals surface area contributed by atoms with Gasteiger partial charge in [-0.2, -0.15) is 0 Å². The second kappa shape index (κ2) is 8.37. The average Bonchev–Trinajstić information content (AvgIpc) is 3.31. The molecule has 2 aliphatic rings. The molecule has 0 bridgehead atoms. The summed E-state index contributed by atoms with van der Waals surface area (Å²) in [6, 6.07) is 10.2. The van der Waals surface area contributed by atoms with Crippen LogP contribution < -0.4 is 10.1 Å². The van der Waals surface area contributed by atoms with E-state index in [0.717, 1.165) is 16.6 Å². The third-order valence-electron chi connectivity index (χ3n) is 7.50. The van der Waals surface area contributed by atoms with E-state index >= 15 is 0 Å². The number of fused-ring (bicyclic) bond motifs is 4. The van der Waals surface area contributed by atoms with Gasteiger partial charge in [0.1, 0.15) is 34.0 Å². The van der Waals surface area contributed by atoms with Crippen molar-refractivity contribution in [2.45, 2.75) is 46.6 Å². The Morgan fingerprint density at radius 3 is 2.51 bits per heavy atom. The third-order valence-corrected chi connectivity index (χ3v) is 7.50. The number of ether oxygens (including phenoxy) is 1. The molecule has 3 aromatic rings. The Kier molecular flexibility index (Phi) is 5.51. The smallest absolute Gasteiger partial charge is 0.194 e. The van der Waals surface area contributed by atoms with Gasteiger partial charge in [-0.25, -0.2) is 0 Å². The number of aryl methyl sites for hydroxylation is 1. The molecule has 37 heavy (non-hydrogen) atoms. The quantitative estimate of drug-likeness (QED) is 0.274. The number of hydrogen-bond acceptors (Lipinski definition) is 7. The summed E-state index contributed by atoms with van der Waals surface area (Å²) in [5, 5.41) is 25.8. The Hall–Kier alpha value is -4.33. The number of aromatic nitrogens is 1. The molecule has 0 saturated carbocycles. The summed E-state index contributed by atoms with van der Waals surface area (Å²) in [7, 11) is 0. The van der Waals surface area contributed by atoms with Crippen molar-refractivity contribution in [3.63, 3.8) is 0 Å². The lowest BCUT2D eigenvalue weighted by Gasteiger charge is -2.29. The summed E-state index contributed by atoms with van der Waals surface area (Å²) in [5.74, 6) is -2.38. The Morgan fingerprint density at radius 1 is 1.11 bits per heavy atom. The summed E-state index contributed by atoms with van der Waals surface area (Å²) in [4.78, 5) is 39.3. The van der Waals surface area contributed by atoms with Crippen molar-refractivity contribution in [3.05, 3.63) is 75.8 Å². The number of phenolic OH excluding ortho intramolecular Hbond substituents is 2. The van der Waals surface area contributed by atoms with Gasteiger partial charge >= 0.3 is 0 Å². The number of nitrogens with zero attached hydrogens (tertiary/aromatic N) is 1. The zero-order chi connectivity index (χ0) is 26.8. The zero-order valence-electron chi connectivity index (χ0n) is 21.4. The van der Waals surface area contributed by atoms with E-state index in [1.54, 1.807) is 13.8 Å². The molecular weight excluding hydrogens is 472 g/mol. The van der Waals surface area contributed by atoms with Gasteiger partial charge in [-0.15, -0.1) is 0 Å². The number of nitrogens with one attached hydrogen (secondary N) is 1. The summed E-state index contributed by atoms with van der Waals surface area (Å²) in [5.41, 5.74) is 1.08. The molecule has 0 amide bonds. The van der Waals surface area contributed by atoms with Gasteiger partial charge in [0, 0.05) is 41.6 Å². The van der Waals surface area contributed by atoms with Gasteiger partial charge in [-0.05, 0) is 52.1 Å². The van der Waals surface area contributed by atoms with Crippen molar-refractivity contribution in [3.8, 4) is 17.2 Å². The van der Waals surface area contributed by atoms with E-state index in [0.29, 0.717) is 18.8 Å². The molecule has 0 fully saturated rings. The van der Waals surface area contributed by atoms with Crippen LogP contribution in [0.4, 0.5) is 0 Å². The molecule has 1 aromatic heterocycles. The summed E-state index contributed by atoms with van der Waals surface area (Å²) in [6.45, 7) is 9.08. The van der Waals surface area contributed by atoms with Gasteiger partial charge in [-0.1, -0.05) is 18.2 Å². The van der Waals surface area contributed by atoms with Crippen LogP contribution in [0.1, 0.15) is 48.0 Å². The van der Waals surface area contributed by atoms with Crippen LogP contribution in [0.5, 0.6) is 17.2 Å². The number of carbonyl (C=O) groups is 3. The monoisotopic (exact) mass is 500 g/mol. The highest BCUT2D eigenvalue weighted by Crippen LogP contribution is 2.57. The zero-order valence-corrected chi connectivity index (χ0v) is 21.4. The molecule has 1 atom stereocenters. The van der Waals surface area contributed by atoms with E-state index in [1.807, 2.05) is 25.1 Å². The van der Waals surface area contributed by atoms with Crippen LogP contribution in [0.15, 0.2) is 53.4 Å². The minimum Gasteiger partial charge on any atom is -0.507 e. The Balaban J connectivity index is 1.51. The molecule has 8 heteroatoms. The average molecular weight is 501 g/mol. The van der Waals surface area contributed by atoms with Crippen LogP contribution in [-0.4, -0.2) is 38.7 Å². The highest BCUT2D eigenvalue weighted by atomic mass is 16.5. The molecule has 0 radical (unpaired) electrons. The molecule has 1 aliphatic carbocycles. The molecule has 0 unspecified atom stereocenters. The summed E-state index contributed by atoms with van der Waals surface area (Å²) < 4.78 is 7.98. The van der Waals surface area contributed by atoms with Gasteiger partial charge in [0.05, 0.1) is 11.1 Å². The molecule has 1 aliphatic heterocycles. The van der Waals surface area contributed by atoms with E-state index in [9.17, 15) is 24.6 Å². The second-order valence-corrected chi connectivity index (χ2v) is 9.81. The van der Waals surface area contributed by atoms with E-state index in [2.05, 4.69) is 22.0 Å². The SMILES string of the molecule is CC(=O)c1c(O)c(C)c(O)c2c1OC1=CC(=O)/C(=C(/C)NCCn3c(C)cc4ccccc43)C(=O)[C@]12C. The highest BCUT2D eigenvalue weighted by molar-refractivity contribution is 6.31. The Morgan fingerprint density at radius 2 is 1.81 bits per heavy atom. The molecule has 2 aromatic carbocycles. The first-order valence-electron chi connectivity index (χ1n) is 12.1. The fourth-order valence-electron chi connectivity index (χ4n) is 5.45. The van der Waals surface area contributed by atoms with Crippen LogP contribution in [0.3, 0.4) is 0 Å². The number of hydrogen-bond donors (Lipinski definition) is 3. The molecule has 3 N–H and O–H groups in total. The van der Waals surface area contributed by atoms with E-state index < -0.39 is 28.5 Å². The van der Waals surface area contributed by atoms with Crippen LogP contribution in [0.25, 0.3) is 10.9 Å². The fourth-order valence-corrected chi connectivity index (χ4v) is 5.45. The summed E-state index contributed by atoms with van der Waals surface area (Å²) >= 11 is 0. The van der Waals surface area contributed by atoms with Crippen molar-refractivity contribution < 1.29 is 29.3 Å². The molecule has 0 saturated heterocycles. The Bertz CT molecular complexity index is 1610. The number of para-hydroxylation sites is 1. The summed E-state index contributed by atoms with van der Waals surface area (Å²) in [6.07, 6.45) is 1.22. The number of aromatic hydroxyl groups is 2. The van der Waals surface area contributed by atoms with Gasteiger partial charge in [-0.3, -0.25) is 14.4 Å². The molecule has 190 valence electrons. The predicted molar refractivity (Wildman–Crippen MR) is 138 cm³/mol. The maximum atomic E-state index is 13.9. The van der Waals surface area contributed by atoms with Crippen molar-refractivity contribution in [2.24, 2.45) is 0 Å². The van der Waals surface area contributed by atoms with Gasteiger partial charge in [0.2, 0.25) is 0 Å². The van der Waals surface area contributed by atoms with Crippen LogP contribution >= 0.6 is 0 Å². The minimum atomic E-state index is -1.53. The van der Waals surface area contributed by atoms with Gasteiger partial charge < -0.3 is 24.8 Å². The number of allylic oxidation sites excluding steroid dienone is 4. The first-order chi connectivity index (χ1) is 17.5. The lowest BCUT2D eigenvalue weighted by Crippen LogP contribution is -2.41. The van der Waals surface area contributed by atoms with E-state index in [4.69, 9.17) is 4.74 Å². The molecule has 5 rings (SSSR count). The number of carbonyl (C=O) groups excluding carboxylic acids is 3. The van der Waals surface area contributed by atoms with Crippen LogP contribution in [-0.2, 0) is 21.5 Å². The van der Waals surface area contributed by atoms with Crippen molar-refractivity contribution in [1.82, 2.24) is 9.88 Å². The van der Waals surface area contributed by atoms with Crippen LogP contribution in [0, 0.1) is 13.8 Å². The number of phenols is 2. The maximum absolute atomic E-state index is 13.9. The first-order valence-corrected chi connectivity index (χ1v) is 12.1. The Labute approximate surface area is 213 Å². The molecule has 0 spiro atoms. The molecule has 2 heterocycles. The third kappa shape index (κ3) is 3.39. The van der Waals surface area contributed by atoms with Crippen molar-refractivity contribution in [2.75, 3.05) is 6.54 Å². The number of Topliss-reactive ketones (excluding diaryl/α,β-unsaturated/α-hetero) is 2. The predicted octanol–water partition coefficient (Wildman–Crippen LogP) is 4.12. The lowest BCUT2D eigenvalue weighted by atomic mass is 9.70. The van der Waals surface area contributed by atoms with Gasteiger partial charge in [0.15, 0.2) is 17.3 Å². The largest absolute Gasteiger partial charge is 0.507 e. The van der Waals surface area contributed by atoms with E-state index in [-0.39, 0.29) is 39.5 Å². The maximum Gasteiger partial charge on any atom is 0.194 e. The second-order valence-electron chi connectivity index (χ2n) is 9.81. The van der Waals surface area contributed by atoms with Gasteiger partial charge in [0.25, 0.3) is 0 Å². The number of rotatable bonds is 5. The standard InChI is InChI=1S/C29H28N2O6/c1-14-12-18-8-6-7-9-19(18)31(14)11-10-30-16(3)22-20(33)13-21-29(5,28(22)36)24-26(35)15(2)25(34)23(17(4)32)27(24)37-21/h6-9,12-13,30,34-35H,10-11H2,1-5H3/b22-16+/t29-/m1/s1.